The van der Waals surface area contributed by atoms with E-state index in [9.17, 15) is 5.11 Å². The highest BCUT2D eigenvalue weighted by atomic mass is 16.5. The van der Waals surface area contributed by atoms with Crippen LogP contribution < -0.4 is 0 Å². The van der Waals surface area contributed by atoms with Crippen LogP contribution in [-0.2, 0) is 16.1 Å². The minimum absolute atomic E-state index is 0.103. The maximum Gasteiger partial charge on any atom is 0.152 e. The molecule has 1 aromatic carbocycles. The van der Waals surface area contributed by atoms with Gasteiger partial charge in [0.05, 0.1) is 0 Å². The number of unbranched alkanes of at least 4 members (excludes halogenated alkanes) is 4. The normalized spacial score (nSPS) is 11.6. The Labute approximate surface area is 127 Å². The van der Waals surface area contributed by atoms with Gasteiger partial charge in [0.25, 0.3) is 0 Å². The Balaban J connectivity index is 1.97. The SMILES string of the molecule is OCCCCCCCOC/C(O)=C\OCc1ccccc1. The summed E-state index contributed by atoms with van der Waals surface area (Å²) in [6.45, 7) is 1.54. The minimum Gasteiger partial charge on any atom is -0.507 e. The zero-order valence-corrected chi connectivity index (χ0v) is 12.5. The van der Waals surface area contributed by atoms with E-state index in [1.807, 2.05) is 30.3 Å². The summed E-state index contributed by atoms with van der Waals surface area (Å²) < 4.78 is 10.6. The number of aliphatic hydroxyl groups excluding tert-OH is 2. The third-order valence-electron chi connectivity index (χ3n) is 3.01. The molecule has 0 fully saturated rings. The van der Waals surface area contributed by atoms with Crippen LogP contribution in [-0.4, -0.2) is 30.0 Å². The molecule has 1 aromatic rings. The van der Waals surface area contributed by atoms with Gasteiger partial charge in [-0.2, -0.15) is 0 Å². The minimum atomic E-state index is 0.103. The molecule has 0 radical (unpaired) electrons. The first-order chi connectivity index (χ1) is 10.3. The number of rotatable bonds is 12. The first kappa shape index (κ1) is 17.5. The summed E-state index contributed by atoms with van der Waals surface area (Å²) in [5, 5.41) is 18.2. The lowest BCUT2D eigenvalue weighted by molar-refractivity contribution is 0.114. The molecular formula is C17H26O4. The van der Waals surface area contributed by atoms with Crippen LogP contribution in [0.15, 0.2) is 42.4 Å². The lowest BCUT2D eigenvalue weighted by Gasteiger charge is -2.05. The van der Waals surface area contributed by atoms with E-state index >= 15 is 0 Å². The van der Waals surface area contributed by atoms with Crippen LogP contribution >= 0.6 is 0 Å². The molecule has 118 valence electrons. The maximum absolute atomic E-state index is 9.58. The molecule has 21 heavy (non-hydrogen) atoms. The van der Waals surface area contributed by atoms with Gasteiger partial charge in [-0.15, -0.1) is 0 Å². The molecule has 0 unspecified atom stereocenters. The Kier molecular flexibility index (Phi) is 10.2. The van der Waals surface area contributed by atoms with Crippen molar-refractivity contribution in [3.8, 4) is 0 Å². The molecular weight excluding hydrogens is 268 g/mol. The Morgan fingerprint density at radius 3 is 2.48 bits per heavy atom. The van der Waals surface area contributed by atoms with Crippen molar-refractivity contribution >= 4 is 0 Å². The van der Waals surface area contributed by atoms with Crippen LogP contribution in [0.2, 0.25) is 0 Å². The second-order valence-electron chi connectivity index (χ2n) is 4.95. The molecule has 0 aromatic heterocycles. The van der Waals surface area contributed by atoms with Crippen molar-refractivity contribution in [1.82, 2.24) is 0 Å². The summed E-state index contributed by atoms with van der Waals surface area (Å²) in [4.78, 5) is 0. The molecule has 1 rings (SSSR count). The molecule has 0 spiro atoms. The highest BCUT2D eigenvalue weighted by Gasteiger charge is 1.96. The van der Waals surface area contributed by atoms with Crippen molar-refractivity contribution in [2.75, 3.05) is 19.8 Å². The van der Waals surface area contributed by atoms with E-state index in [0.29, 0.717) is 13.2 Å². The number of aliphatic hydroxyl groups is 2. The van der Waals surface area contributed by atoms with Crippen molar-refractivity contribution in [3.05, 3.63) is 47.9 Å². The van der Waals surface area contributed by atoms with Crippen molar-refractivity contribution in [3.63, 3.8) is 0 Å². The zero-order chi connectivity index (χ0) is 15.2. The molecule has 0 aliphatic rings. The third kappa shape index (κ3) is 9.93. The predicted molar refractivity (Wildman–Crippen MR) is 82.9 cm³/mol. The van der Waals surface area contributed by atoms with Crippen LogP contribution in [0.25, 0.3) is 0 Å². The van der Waals surface area contributed by atoms with Crippen molar-refractivity contribution < 1.29 is 19.7 Å². The smallest absolute Gasteiger partial charge is 0.152 e. The highest BCUT2D eigenvalue weighted by molar-refractivity contribution is 5.13. The van der Waals surface area contributed by atoms with Gasteiger partial charge in [0.1, 0.15) is 19.5 Å². The first-order valence-electron chi connectivity index (χ1n) is 7.55. The molecule has 0 atom stereocenters. The molecule has 4 heteroatoms. The molecule has 4 nitrogen and oxygen atoms in total. The number of ether oxygens (including phenoxy) is 2. The highest BCUT2D eigenvalue weighted by Crippen LogP contribution is 2.04. The second kappa shape index (κ2) is 12.2. The Bertz CT molecular complexity index is 376. The van der Waals surface area contributed by atoms with Crippen molar-refractivity contribution in [2.24, 2.45) is 0 Å². The van der Waals surface area contributed by atoms with Crippen molar-refractivity contribution in [2.45, 2.75) is 38.7 Å². The fourth-order valence-corrected chi connectivity index (χ4v) is 1.87. The topological polar surface area (TPSA) is 58.9 Å². The van der Waals surface area contributed by atoms with Crippen LogP contribution in [0.1, 0.15) is 37.7 Å². The molecule has 0 saturated heterocycles. The zero-order valence-electron chi connectivity index (χ0n) is 12.5. The number of hydrogen-bond donors (Lipinski definition) is 2. The van der Waals surface area contributed by atoms with Crippen LogP contribution in [0.3, 0.4) is 0 Å². The van der Waals surface area contributed by atoms with Gasteiger partial charge in [-0.3, -0.25) is 0 Å². The van der Waals surface area contributed by atoms with Gasteiger partial charge >= 0.3 is 0 Å². The van der Waals surface area contributed by atoms with E-state index in [-0.39, 0.29) is 19.0 Å². The first-order valence-corrected chi connectivity index (χ1v) is 7.55. The average molecular weight is 294 g/mol. The summed E-state index contributed by atoms with van der Waals surface area (Å²) in [6.07, 6.45) is 6.47. The summed E-state index contributed by atoms with van der Waals surface area (Å²) in [5.74, 6) is 0.103. The monoisotopic (exact) mass is 294 g/mol. The lowest BCUT2D eigenvalue weighted by atomic mass is 10.1. The summed E-state index contributed by atoms with van der Waals surface area (Å²) in [6, 6.07) is 9.79. The van der Waals surface area contributed by atoms with E-state index in [4.69, 9.17) is 14.6 Å². The standard InChI is InChI=1S/C17H26O4/c18-11-7-2-1-3-8-12-20-14-17(19)15-21-13-16-9-5-4-6-10-16/h4-6,9-10,15,18-19H,1-3,7-8,11-14H2/b17-15+. The van der Waals surface area contributed by atoms with Gasteiger partial charge in [-0.25, -0.2) is 0 Å². The molecule has 0 saturated carbocycles. The van der Waals surface area contributed by atoms with Crippen molar-refractivity contribution in [1.29, 1.82) is 0 Å². The van der Waals surface area contributed by atoms with Gasteiger partial charge in [-0.05, 0) is 18.4 Å². The van der Waals surface area contributed by atoms with Gasteiger partial charge in [0.15, 0.2) is 5.76 Å². The lowest BCUT2D eigenvalue weighted by Crippen LogP contribution is -2.00. The molecule has 2 N–H and O–H groups in total. The summed E-state index contributed by atoms with van der Waals surface area (Å²) in [7, 11) is 0. The Hall–Kier alpha value is -1.52. The molecule has 0 amide bonds. The molecule has 0 aliphatic heterocycles. The summed E-state index contributed by atoms with van der Waals surface area (Å²) >= 11 is 0. The van der Waals surface area contributed by atoms with Gasteiger partial charge in [0, 0.05) is 13.2 Å². The van der Waals surface area contributed by atoms with E-state index in [1.54, 1.807) is 0 Å². The molecule has 0 heterocycles. The largest absolute Gasteiger partial charge is 0.507 e. The van der Waals surface area contributed by atoms with Crippen LogP contribution in [0.4, 0.5) is 0 Å². The van der Waals surface area contributed by atoms with E-state index < -0.39 is 0 Å². The fourth-order valence-electron chi connectivity index (χ4n) is 1.87. The van der Waals surface area contributed by atoms with Gasteiger partial charge in [-0.1, -0.05) is 49.6 Å². The summed E-state index contributed by atoms with van der Waals surface area (Å²) in [5.41, 5.74) is 1.06. The van der Waals surface area contributed by atoms with Gasteiger partial charge in [0.2, 0.25) is 0 Å². The Morgan fingerprint density at radius 2 is 1.71 bits per heavy atom. The second-order valence-corrected chi connectivity index (χ2v) is 4.95. The fraction of sp³-hybridized carbons (Fsp3) is 0.529. The van der Waals surface area contributed by atoms with Crippen LogP contribution in [0.5, 0.6) is 0 Å². The third-order valence-corrected chi connectivity index (χ3v) is 3.01. The number of hydrogen-bond acceptors (Lipinski definition) is 4. The van der Waals surface area contributed by atoms with E-state index in [1.165, 1.54) is 6.26 Å². The number of benzene rings is 1. The average Bonchev–Trinajstić information content (AvgIpc) is 2.51. The van der Waals surface area contributed by atoms with E-state index in [2.05, 4.69) is 0 Å². The molecule has 0 aliphatic carbocycles. The molecule has 0 bridgehead atoms. The van der Waals surface area contributed by atoms with Crippen LogP contribution in [0, 0.1) is 0 Å². The Morgan fingerprint density at radius 1 is 1.00 bits per heavy atom. The predicted octanol–water partition coefficient (Wildman–Crippen LogP) is 3.56. The van der Waals surface area contributed by atoms with Gasteiger partial charge < -0.3 is 19.7 Å². The quantitative estimate of drug-likeness (QED) is 0.457. The van der Waals surface area contributed by atoms with E-state index in [0.717, 1.165) is 37.7 Å². The maximum atomic E-state index is 9.58.